The third kappa shape index (κ3) is 2.52. The van der Waals surface area contributed by atoms with Crippen LogP contribution >= 0.6 is 11.8 Å². The van der Waals surface area contributed by atoms with E-state index in [4.69, 9.17) is 4.74 Å². The Kier molecular flexibility index (Phi) is 3.66. The predicted octanol–water partition coefficient (Wildman–Crippen LogP) is 3.53. The highest BCUT2D eigenvalue weighted by molar-refractivity contribution is 7.98. The van der Waals surface area contributed by atoms with Crippen molar-refractivity contribution in [3.8, 4) is 5.69 Å². The number of ether oxygens (including phenoxy) is 1. The second-order valence-electron chi connectivity index (χ2n) is 4.51. The van der Waals surface area contributed by atoms with Gasteiger partial charge in [0.15, 0.2) is 0 Å². The van der Waals surface area contributed by atoms with Crippen molar-refractivity contribution in [3.63, 3.8) is 0 Å². The first-order chi connectivity index (χ1) is 10.2. The zero-order valence-corrected chi connectivity index (χ0v) is 12.6. The first kappa shape index (κ1) is 13.7. The number of carbonyl (C=O) groups excluding carboxylic acids is 1. The topological polar surface area (TPSA) is 44.1 Å². The Labute approximate surface area is 126 Å². The van der Waals surface area contributed by atoms with Crippen LogP contribution in [0, 0.1) is 0 Å². The second kappa shape index (κ2) is 5.61. The number of imidazole rings is 1. The normalized spacial score (nSPS) is 10.8. The van der Waals surface area contributed by atoms with Gasteiger partial charge in [-0.05, 0) is 48.7 Å². The van der Waals surface area contributed by atoms with Crippen LogP contribution in [0.5, 0.6) is 0 Å². The molecule has 0 aliphatic carbocycles. The van der Waals surface area contributed by atoms with E-state index >= 15 is 0 Å². The van der Waals surface area contributed by atoms with Crippen LogP contribution < -0.4 is 0 Å². The lowest BCUT2D eigenvalue weighted by Crippen LogP contribution is -2.01. The summed E-state index contributed by atoms with van der Waals surface area (Å²) in [6, 6.07) is 13.6. The number of thioether (sulfide) groups is 1. The molecule has 3 aromatic rings. The lowest BCUT2D eigenvalue weighted by molar-refractivity contribution is 0.0601. The van der Waals surface area contributed by atoms with Gasteiger partial charge < -0.3 is 4.74 Å². The fraction of sp³-hybridized carbons (Fsp3) is 0.125. The van der Waals surface area contributed by atoms with E-state index in [-0.39, 0.29) is 5.97 Å². The van der Waals surface area contributed by atoms with Gasteiger partial charge in [-0.15, -0.1) is 11.8 Å². The maximum absolute atomic E-state index is 11.7. The van der Waals surface area contributed by atoms with Gasteiger partial charge in [-0.3, -0.25) is 4.57 Å². The van der Waals surface area contributed by atoms with Gasteiger partial charge in [0.05, 0.1) is 23.7 Å². The van der Waals surface area contributed by atoms with Crippen LogP contribution in [0.4, 0.5) is 0 Å². The lowest BCUT2D eigenvalue weighted by atomic mass is 10.2. The molecule has 0 unspecified atom stereocenters. The van der Waals surface area contributed by atoms with E-state index in [9.17, 15) is 4.79 Å². The fourth-order valence-electron chi connectivity index (χ4n) is 2.20. The molecule has 5 heteroatoms. The van der Waals surface area contributed by atoms with Crippen molar-refractivity contribution in [2.24, 2.45) is 0 Å². The SMILES string of the molecule is COC(=O)c1ccc2ncn(-c3ccc(SC)cc3)c2c1. The Morgan fingerprint density at radius 3 is 2.62 bits per heavy atom. The first-order valence-electron chi connectivity index (χ1n) is 6.43. The van der Waals surface area contributed by atoms with E-state index in [2.05, 4.69) is 17.1 Å². The summed E-state index contributed by atoms with van der Waals surface area (Å²) < 4.78 is 6.73. The number of hydrogen-bond acceptors (Lipinski definition) is 4. The smallest absolute Gasteiger partial charge is 0.337 e. The van der Waals surface area contributed by atoms with Crippen LogP contribution in [0.3, 0.4) is 0 Å². The molecule has 0 aliphatic rings. The monoisotopic (exact) mass is 298 g/mol. The number of nitrogens with zero attached hydrogens (tertiary/aromatic N) is 2. The molecule has 106 valence electrons. The molecule has 0 amide bonds. The number of methoxy groups -OCH3 is 1. The third-order valence-electron chi connectivity index (χ3n) is 3.32. The Morgan fingerprint density at radius 1 is 1.19 bits per heavy atom. The van der Waals surface area contributed by atoms with Crippen LogP contribution in [0.1, 0.15) is 10.4 Å². The molecule has 0 saturated carbocycles. The van der Waals surface area contributed by atoms with E-state index in [0.717, 1.165) is 16.7 Å². The minimum absolute atomic E-state index is 0.345. The van der Waals surface area contributed by atoms with Crippen molar-refractivity contribution in [2.45, 2.75) is 4.90 Å². The molecule has 0 atom stereocenters. The highest BCUT2D eigenvalue weighted by Crippen LogP contribution is 2.22. The van der Waals surface area contributed by atoms with Gasteiger partial charge in [-0.2, -0.15) is 0 Å². The van der Waals surface area contributed by atoms with Crippen molar-refractivity contribution in [1.29, 1.82) is 0 Å². The summed E-state index contributed by atoms with van der Waals surface area (Å²) in [5.41, 5.74) is 3.26. The summed E-state index contributed by atoms with van der Waals surface area (Å²) in [6.07, 6.45) is 3.81. The lowest BCUT2D eigenvalue weighted by Gasteiger charge is -2.06. The van der Waals surface area contributed by atoms with Gasteiger partial charge in [0.2, 0.25) is 0 Å². The van der Waals surface area contributed by atoms with Crippen LogP contribution in [0.25, 0.3) is 16.7 Å². The Bertz CT molecular complexity index is 794. The minimum atomic E-state index is -0.345. The Balaban J connectivity index is 2.11. The van der Waals surface area contributed by atoms with Crippen molar-refractivity contribution >= 4 is 28.8 Å². The predicted molar refractivity (Wildman–Crippen MR) is 84.2 cm³/mol. The number of rotatable bonds is 3. The van der Waals surface area contributed by atoms with Gasteiger partial charge in [-0.25, -0.2) is 9.78 Å². The standard InChI is InChI=1S/C16H14N2O2S/c1-20-16(19)11-3-8-14-15(9-11)18(10-17-14)12-4-6-13(21-2)7-5-12/h3-10H,1-2H3. The average molecular weight is 298 g/mol. The van der Waals surface area contributed by atoms with E-state index in [1.54, 1.807) is 30.2 Å². The number of carbonyl (C=O) groups is 1. The molecule has 0 fully saturated rings. The van der Waals surface area contributed by atoms with E-state index < -0.39 is 0 Å². The van der Waals surface area contributed by atoms with Crippen molar-refractivity contribution in [2.75, 3.05) is 13.4 Å². The number of fused-ring (bicyclic) bond motifs is 1. The maximum atomic E-state index is 11.7. The number of aromatic nitrogens is 2. The summed E-state index contributed by atoms with van der Waals surface area (Å²) in [5, 5.41) is 0. The minimum Gasteiger partial charge on any atom is -0.465 e. The first-order valence-corrected chi connectivity index (χ1v) is 7.65. The summed E-state index contributed by atoms with van der Waals surface area (Å²) in [5.74, 6) is -0.345. The fourth-order valence-corrected chi connectivity index (χ4v) is 2.61. The van der Waals surface area contributed by atoms with Crippen molar-refractivity contribution in [1.82, 2.24) is 9.55 Å². The molecule has 2 aromatic carbocycles. The second-order valence-corrected chi connectivity index (χ2v) is 5.39. The quantitative estimate of drug-likeness (QED) is 0.548. The molecule has 21 heavy (non-hydrogen) atoms. The van der Waals surface area contributed by atoms with Gasteiger partial charge in [-0.1, -0.05) is 0 Å². The van der Waals surface area contributed by atoms with Crippen molar-refractivity contribution < 1.29 is 9.53 Å². The van der Waals surface area contributed by atoms with Gasteiger partial charge >= 0.3 is 5.97 Å². The number of esters is 1. The average Bonchev–Trinajstić information content (AvgIpc) is 2.97. The maximum Gasteiger partial charge on any atom is 0.337 e. The van der Waals surface area contributed by atoms with Gasteiger partial charge in [0, 0.05) is 10.6 Å². The molecule has 0 N–H and O–H groups in total. The highest BCUT2D eigenvalue weighted by atomic mass is 32.2. The zero-order chi connectivity index (χ0) is 14.8. The van der Waals surface area contributed by atoms with Crippen molar-refractivity contribution in [3.05, 3.63) is 54.4 Å². The summed E-state index contributed by atoms with van der Waals surface area (Å²) in [4.78, 5) is 17.2. The molecule has 3 rings (SSSR count). The van der Waals surface area contributed by atoms with E-state index in [1.807, 2.05) is 29.0 Å². The van der Waals surface area contributed by atoms with Gasteiger partial charge in [0.25, 0.3) is 0 Å². The summed E-state index contributed by atoms with van der Waals surface area (Å²) in [7, 11) is 1.38. The number of hydrogen-bond donors (Lipinski definition) is 0. The van der Waals surface area contributed by atoms with Crippen LogP contribution in [0.2, 0.25) is 0 Å². The summed E-state index contributed by atoms with van der Waals surface area (Å²) >= 11 is 1.70. The zero-order valence-electron chi connectivity index (χ0n) is 11.7. The molecule has 0 radical (unpaired) electrons. The third-order valence-corrected chi connectivity index (χ3v) is 4.06. The number of benzene rings is 2. The van der Waals surface area contributed by atoms with E-state index in [0.29, 0.717) is 5.56 Å². The van der Waals surface area contributed by atoms with Crippen LogP contribution in [-0.2, 0) is 4.74 Å². The van der Waals surface area contributed by atoms with E-state index in [1.165, 1.54) is 12.0 Å². The molecule has 1 aromatic heterocycles. The molecule has 0 saturated heterocycles. The Hall–Kier alpha value is -2.27. The summed E-state index contributed by atoms with van der Waals surface area (Å²) in [6.45, 7) is 0. The molecule has 0 aliphatic heterocycles. The Morgan fingerprint density at radius 2 is 1.95 bits per heavy atom. The van der Waals surface area contributed by atoms with Crippen LogP contribution in [-0.4, -0.2) is 28.9 Å². The molecule has 0 spiro atoms. The highest BCUT2D eigenvalue weighted by Gasteiger charge is 2.10. The molecule has 1 heterocycles. The molecular weight excluding hydrogens is 284 g/mol. The largest absolute Gasteiger partial charge is 0.465 e. The van der Waals surface area contributed by atoms with Gasteiger partial charge in [0.1, 0.15) is 6.33 Å². The molecular formula is C16H14N2O2S. The molecule has 0 bridgehead atoms. The molecule has 4 nitrogen and oxygen atoms in total. The van der Waals surface area contributed by atoms with Crippen LogP contribution in [0.15, 0.2) is 53.7 Å².